The quantitative estimate of drug-likeness (QED) is 0.287. The average molecular weight is 515 g/mol. The van der Waals surface area contributed by atoms with Crippen LogP contribution in [0.15, 0.2) is 16.9 Å². The number of nitrogens with zero attached hydrogens (tertiary/aromatic N) is 3. The van der Waals surface area contributed by atoms with Crippen LogP contribution in [0.25, 0.3) is 10.6 Å². The number of aromatic hydroxyl groups is 1. The van der Waals surface area contributed by atoms with Crippen molar-refractivity contribution in [3.8, 4) is 5.75 Å². The molecule has 0 aromatic heterocycles. The molecule has 3 aliphatic carbocycles. The number of phenolic OH excluding ortho intramolecular Hbond substituents is 1. The molecule has 1 fully saturated rings. The Morgan fingerprint density at radius 2 is 1.84 bits per heavy atom. The summed E-state index contributed by atoms with van der Waals surface area (Å²) in [5.74, 6) is -9.13. The van der Waals surface area contributed by atoms with Crippen LogP contribution in [-0.4, -0.2) is 87.5 Å². The molecule has 1 saturated carbocycles. The Labute approximate surface area is 211 Å². The fourth-order valence-electron chi connectivity index (χ4n) is 5.96. The van der Waals surface area contributed by atoms with Crippen LogP contribution in [0.4, 0.5) is 10.1 Å². The van der Waals surface area contributed by atoms with E-state index in [1.807, 2.05) is 0 Å². The molecular weight excluding hydrogens is 487 g/mol. The van der Waals surface area contributed by atoms with Crippen LogP contribution in [0.5, 0.6) is 5.75 Å². The Kier molecular flexibility index (Phi) is 6.15. The molecular formula is C25H27FN4O7. The number of hydrogen-bond acceptors (Lipinski definition) is 9. The minimum Gasteiger partial charge on any atom is -0.518 e. The van der Waals surface area contributed by atoms with Crippen molar-refractivity contribution >= 4 is 28.9 Å². The summed E-state index contributed by atoms with van der Waals surface area (Å²) in [6, 6.07) is -1.23. The molecule has 11 nitrogen and oxygen atoms in total. The highest BCUT2D eigenvalue weighted by molar-refractivity contribution is 6.24. The number of Topliss-reactive ketones (excluding diaryl/α,β-unsaturated/α-hetero) is 2. The lowest BCUT2D eigenvalue weighted by Crippen LogP contribution is -2.65. The molecule has 4 atom stereocenters. The van der Waals surface area contributed by atoms with Crippen LogP contribution in [-0.2, 0) is 27.3 Å². The minimum atomic E-state index is -2.79. The van der Waals surface area contributed by atoms with Gasteiger partial charge in [-0.05, 0) is 47.0 Å². The fraction of sp³-hybridized carbons (Fsp3) is 0.440. The maximum atomic E-state index is 15.7. The summed E-state index contributed by atoms with van der Waals surface area (Å²) in [4.78, 5) is 45.1. The molecule has 0 bridgehead atoms. The molecule has 0 unspecified atom stereocenters. The van der Waals surface area contributed by atoms with Gasteiger partial charge in [-0.2, -0.15) is 0 Å². The summed E-state index contributed by atoms with van der Waals surface area (Å²) >= 11 is 0. The summed E-state index contributed by atoms with van der Waals surface area (Å²) in [5, 5.41) is 44.4. The number of phenols is 1. The predicted molar refractivity (Wildman–Crippen MR) is 128 cm³/mol. The standard InChI is InChI=1S/C25H27FN4O7/c1-28-17-11(8-29(2)3)16(26)10-6-9-7-12-18(30(4)5)21(33)15(24(27)36)23(35)25(12,37)22(34)13(9)19(31)14(10)20(17)32/h9,12,18,31-32,35,37H,6-8H2,2-5H3,(H2,27,36)/t9-,12-,18-,25-/m0/s1. The monoisotopic (exact) mass is 514 g/mol. The number of aliphatic hydroxyl groups is 3. The highest BCUT2D eigenvalue weighted by Gasteiger charge is 2.64. The van der Waals surface area contributed by atoms with Crippen molar-refractivity contribution in [1.29, 1.82) is 0 Å². The summed E-state index contributed by atoms with van der Waals surface area (Å²) in [5.41, 5.74) is 0.137. The normalized spacial score (nSPS) is 27.3. The van der Waals surface area contributed by atoms with E-state index >= 15 is 4.39 Å². The van der Waals surface area contributed by atoms with Gasteiger partial charge in [0.1, 0.15) is 28.7 Å². The van der Waals surface area contributed by atoms with Crippen LogP contribution in [0.1, 0.15) is 23.1 Å². The zero-order valence-electron chi connectivity index (χ0n) is 20.7. The van der Waals surface area contributed by atoms with Crippen LogP contribution in [0.2, 0.25) is 0 Å². The Bertz CT molecular complexity index is 1370. The maximum Gasteiger partial charge on any atom is 0.255 e. The van der Waals surface area contributed by atoms with Crippen LogP contribution < -0.4 is 5.73 Å². The maximum absolute atomic E-state index is 15.7. The molecule has 0 radical (unpaired) electrons. The Morgan fingerprint density at radius 3 is 2.35 bits per heavy atom. The number of nitrogens with two attached hydrogens (primary N) is 1. The number of carbonyl (C=O) groups is 3. The summed E-state index contributed by atoms with van der Waals surface area (Å²) in [6.07, 6.45) is -0.341. The van der Waals surface area contributed by atoms with Crippen molar-refractivity contribution in [1.82, 2.24) is 9.80 Å². The van der Waals surface area contributed by atoms with E-state index in [4.69, 9.17) is 12.3 Å². The van der Waals surface area contributed by atoms with E-state index < -0.39 is 86.4 Å². The molecule has 37 heavy (non-hydrogen) atoms. The Hall–Kier alpha value is -3.79. The smallest absolute Gasteiger partial charge is 0.255 e. The zero-order chi connectivity index (χ0) is 27.7. The van der Waals surface area contributed by atoms with Crippen LogP contribution in [0, 0.1) is 24.2 Å². The second-order valence-corrected chi connectivity index (χ2v) is 10.2. The van der Waals surface area contributed by atoms with Crippen molar-refractivity contribution in [3.63, 3.8) is 0 Å². The molecule has 0 heterocycles. The molecule has 4 rings (SSSR count). The van der Waals surface area contributed by atoms with E-state index in [2.05, 4.69) is 4.85 Å². The number of carbonyl (C=O) groups excluding carboxylic acids is 3. The summed E-state index contributed by atoms with van der Waals surface area (Å²) in [7, 11) is 6.29. The van der Waals surface area contributed by atoms with Gasteiger partial charge in [-0.25, -0.2) is 9.24 Å². The number of benzene rings is 1. The highest BCUT2D eigenvalue weighted by atomic mass is 19.1. The molecule has 0 saturated heterocycles. The molecule has 1 amide bonds. The number of hydrogen-bond donors (Lipinski definition) is 5. The lowest BCUT2D eigenvalue weighted by Gasteiger charge is -2.50. The lowest BCUT2D eigenvalue weighted by atomic mass is 9.57. The van der Waals surface area contributed by atoms with E-state index in [-0.39, 0.29) is 30.5 Å². The second-order valence-electron chi connectivity index (χ2n) is 10.2. The van der Waals surface area contributed by atoms with Gasteiger partial charge in [-0.3, -0.25) is 19.3 Å². The van der Waals surface area contributed by atoms with E-state index in [1.165, 1.54) is 19.0 Å². The number of primary amides is 1. The van der Waals surface area contributed by atoms with E-state index in [0.29, 0.717) is 0 Å². The molecule has 3 aliphatic rings. The van der Waals surface area contributed by atoms with Crippen molar-refractivity contribution in [2.24, 2.45) is 17.6 Å². The molecule has 6 N–H and O–H groups in total. The van der Waals surface area contributed by atoms with Crippen molar-refractivity contribution < 1.29 is 39.2 Å². The number of rotatable bonds is 4. The number of amides is 1. The molecule has 1 aromatic rings. The summed E-state index contributed by atoms with van der Waals surface area (Å²) in [6.45, 7) is 7.43. The number of ketones is 2. The molecule has 0 aliphatic heterocycles. The van der Waals surface area contributed by atoms with Crippen LogP contribution in [0.3, 0.4) is 0 Å². The number of likely N-dealkylation sites (N-methyl/N-ethyl adjacent to an activating group) is 1. The van der Waals surface area contributed by atoms with Crippen molar-refractivity contribution in [3.05, 3.63) is 50.8 Å². The van der Waals surface area contributed by atoms with Gasteiger partial charge in [0.2, 0.25) is 11.5 Å². The van der Waals surface area contributed by atoms with E-state index in [9.17, 15) is 34.8 Å². The van der Waals surface area contributed by atoms with E-state index in [0.717, 1.165) is 0 Å². The topological polar surface area (TPSA) is 169 Å². The lowest BCUT2D eigenvalue weighted by molar-refractivity contribution is -0.153. The molecule has 1 aromatic carbocycles. The average Bonchev–Trinajstić information content (AvgIpc) is 2.79. The van der Waals surface area contributed by atoms with E-state index in [1.54, 1.807) is 19.0 Å². The number of halogens is 1. The second kappa shape index (κ2) is 8.65. The SMILES string of the molecule is [C-]#[N+]c1c(O)c2c(c(F)c1CN(C)C)C[C@H]1C[C@H]3[C@H](N(C)C)C(=O)C(C(N)=O)=C(O)[C@@]3(O)C(=O)C1=C2O. The van der Waals surface area contributed by atoms with Gasteiger partial charge in [0, 0.05) is 29.2 Å². The first kappa shape index (κ1) is 26.3. The number of aliphatic hydroxyl groups excluding tert-OH is 2. The zero-order valence-corrected chi connectivity index (χ0v) is 20.7. The highest BCUT2D eigenvalue weighted by Crippen LogP contribution is 2.54. The van der Waals surface area contributed by atoms with Gasteiger partial charge in [-0.15, -0.1) is 0 Å². The predicted octanol–water partition coefficient (Wildman–Crippen LogP) is 0.715. The first-order valence-electron chi connectivity index (χ1n) is 11.4. The van der Waals surface area contributed by atoms with Gasteiger partial charge in [-0.1, -0.05) is 0 Å². The van der Waals surface area contributed by atoms with Crippen molar-refractivity contribution in [2.45, 2.75) is 31.0 Å². The third-order valence-electron chi connectivity index (χ3n) is 7.48. The van der Waals surface area contributed by atoms with Crippen LogP contribution >= 0.6 is 0 Å². The van der Waals surface area contributed by atoms with Gasteiger partial charge in [0.15, 0.2) is 11.4 Å². The molecule has 0 spiro atoms. The largest absolute Gasteiger partial charge is 0.518 e. The Balaban J connectivity index is 2.01. The van der Waals surface area contributed by atoms with Gasteiger partial charge < -0.3 is 31.1 Å². The first-order valence-corrected chi connectivity index (χ1v) is 11.4. The minimum absolute atomic E-state index is 0.0144. The number of fused-ring (bicyclic) bond motifs is 3. The third-order valence-corrected chi connectivity index (χ3v) is 7.48. The third kappa shape index (κ3) is 3.46. The van der Waals surface area contributed by atoms with Gasteiger partial charge in [0.25, 0.3) is 5.91 Å². The van der Waals surface area contributed by atoms with Gasteiger partial charge in [0.05, 0.1) is 18.2 Å². The first-order chi connectivity index (χ1) is 17.2. The molecule has 12 heteroatoms. The van der Waals surface area contributed by atoms with Gasteiger partial charge >= 0.3 is 0 Å². The fourth-order valence-corrected chi connectivity index (χ4v) is 5.96. The van der Waals surface area contributed by atoms with Crippen molar-refractivity contribution in [2.75, 3.05) is 28.2 Å². The molecule has 196 valence electrons. The Morgan fingerprint density at radius 1 is 1.22 bits per heavy atom. The summed E-state index contributed by atoms with van der Waals surface area (Å²) < 4.78 is 15.7.